The smallest absolute Gasteiger partial charge is 0.325 e. The summed E-state index contributed by atoms with van der Waals surface area (Å²) >= 11 is 0. The van der Waals surface area contributed by atoms with Gasteiger partial charge in [-0.2, -0.15) is 4.31 Å². The van der Waals surface area contributed by atoms with Crippen LogP contribution < -0.4 is 10.6 Å². The summed E-state index contributed by atoms with van der Waals surface area (Å²) < 4.78 is 31.1. The molecule has 1 rings (SSSR count). The number of esters is 1. The van der Waals surface area contributed by atoms with Crippen molar-refractivity contribution in [1.82, 2.24) is 14.9 Å². The number of hydrogen-bond acceptors (Lipinski definition) is 6. The van der Waals surface area contributed by atoms with Crippen LogP contribution in [0.5, 0.6) is 0 Å². The van der Waals surface area contributed by atoms with Crippen LogP contribution in [0.1, 0.15) is 51.4 Å². The lowest BCUT2D eigenvalue weighted by molar-refractivity contribution is -0.148. The van der Waals surface area contributed by atoms with Crippen LogP contribution in [0, 0.1) is 0 Å². The Kier molecular flexibility index (Phi) is 9.44. The predicted molar refractivity (Wildman–Crippen MR) is 112 cm³/mol. The molecule has 168 valence electrons. The molecule has 10 heteroatoms. The summed E-state index contributed by atoms with van der Waals surface area (Å²) in [5.74, 6) is -1.74. The van der Waals surface area contributed by atoms with Crippen molar-refractivity contribution in [2.24, 2.45) is 0 Å². The molecule has 0 aliphatic heterocycles. The summed E-state index contributed by atoms with van der Waals surface area (Å²) in [6.07, 6.45) is 0.720. The highest BCUT2D eigenvalue weighted by atomic mass is 32.2. The molecule has 0 saturated heterocycles. The number of benzene rings is 1. The molecule has 0 aliphatic carbocycles. The molecule has 30 heavy (non-hydrogen) atoms. The van der Waals surface area contributed by atoms with Gasteiger partial charge in [0.15, 0.2) is 6.61 Å². The van der Waals surface area contributed by atoms with E-state index in [1.807, 2.05) is 20.8 Å². The third kappa shape index (κ3) is 7.42. The standard InChI is InChI=1S/C20H31N3O6S/c1-6-20(4,5)22-17(24)14-29-18(25)13-21-19(26)15-9-11-16(12-10-15)30(27,28)23(7-2)8-3/h9-12H,6-8,13-14H2,1-5H3,(H,21,26)(H,22,24). The van der Waals surface area contributed by atoms with Crippen molar-refractivity contribution >= 4 is 27.8 Å². The van der Waals surface area contributed by atoms with Crippen LogP contribution in [0.3, 0.4) is 0 Å². The minimum Gasteiger partial charge on any atom is -0.454 e. The van der Waals surface area contributed by atoms with E-state index in [9.17, 15) is 22.8 Å². The molecule has 0 fully saturated rings. The van der Waals surface area contributed by atoms with Crippen LogP contribution in [0.4, 0.5) is 0 Å². The van der Waals surface area contributed by atoms with Gasteiger partial charge in [-0.15, -0.1) is 0 Å². The van der Waals surface area contributed by atoms with Gasteiger partial charge in [-0.3, -0.25) is 14.4 Å². The monoisotopic (exact) mass is 441 g/mol. The molecular formula is C20H31N3O6S. The first kappa shape index (κ1) is 25.6. The molecule has 0 spiro atoms. The number of nitrogens with one attached hydrogen (secondary N) is 2. The average Bonchev–Trinajstić information content (AvgIpc) is 2.71. The lowest BCUT2D eigenvalue weighted by Gasteiger charge is -2.24. The van der Waals surface area contributed by atoms with Crippen molar-refractivity contribution in [3.63, 3.8) is 0 Å². The fourth-order valence-corrected chi connectivity index (χ4v) is 3.90. The zero-order valence-electron chi connectivity index (χ0n) is 18.1. The fourth-order valence-electron chi connectivity index (χ4n) is 2.44. The van der Waals surface area contributed by atoms with E-state index in [2.05, 4.69) is 10.6 Å². The van der Waals surface area contributed by atoms with Gasteiger partial charge in [0, 0.05) is 24.2 Å². The number of sulfonamides is 1. The topological polar surface area (TPSA) is 122 Å². The maximum Gasteiger partial charge on any atom is 0.325 e. The van der Waals surface area contributed by atoms with E-state index in [-0.39, 0.29) is 10.5 Å². The van der Waals surface area contributed by atoms with E-state index in [0.29, 0.717) is 13.1 Å². The Morgan fingerprint density at radius 1 is 1.03 bits per heavy atom. The first-order valence-corrected chi connectivity index (χ1v) is 11.3. The number of carbonyl (C=O) groups excluding carboxylic acids is 3. The predicted octanol–water partition coefficient (Wildman–Crippen LogP) is 1.29. The number of carbonyl (C=O) groups is 3. The number of hydrogen-bond donors (Lipinski definition) is 2. The Balaban J connectivity index is 2.57. The largest absolute Gasteiger partial charge is 0.454 e. The molecule has 0 radical (unpaired) electrons. The molecule has 2 amide bonds. The van der Waals surface area contributed by atoms with Crippen LogP contribution >= 0.6 is 0 Å². The van der Waals surface area contributed by atoms with Gasteiger partial charge in [0.05, 0.1) is 4.90 Å². The lowest BCUT2D eigenvalue weighted by atomic mass is 10.0. The van der Waals surface area contributed by atoms with Crippen molar-refractivity contribution in [2.75, 3.05) is 26.2 Å². The van der Waals surface area contributed by atoms with Gasteiger partial charge >= 0.3 is 5.97 Å². The van der Waals surface area contributed by atoms with Gasteiger partial charge in [0.2, 0.25) is 10.0 Å². The maximum absolute atomic E-state index is 12.5. The second kappa shape index (κ2) is 11.1. The normalized spacial score (nSPS) is 11.8. The van der Waals surface area contributed by atoms with Crippen LogP contribution in [-0.2, 0) is 24.3 Å². The van der Waals surface area contributed by atoms with E-state index in [1.165, 1.54) is 28.6 Å². The highest BCUT2D eigenvalue weighted by molar-refractivity contribution is 7.89. The Morgan fingerprint density at radius 3 is 2.10 bits per heavy atom. The molecule has 1 aromatic carbocycles. The summed E-state index contributed by atoms with van der Waals surface area (Å²) in [6.45, 7) is 8.96. The molecule has 0 saturated carbocycles. The zero-order chi connectivity index (χ0) is 22.9. The summed E-state index contributed by atoms with van der Waals surface area (Å²) in [7, 11) is -3.61. The molecule has 1 aromatic rings. The van der Waals surface area contributed by atoms with Gasteiger partial charge in [-0.05, 0) is 44.5 Å². The minimum absolute atomic E-state index is 0.0863. The van der Waals surface area contributed by atoms with E-state index < -0.39 is 46.5 Å². The molecule has 0 aliphatic rings. The Bertz CT molecular complexity index is 846. The quantitative estimate of drug-likeness (QED) is 0.499. The second-order valence-electron chi connectivity index (χ2n) is 7.24. The highest BCUT2D eigenvalue weighted by Crippen LogP contribution is 2.16. The number of amides is 2. The van der Waals surface area contributed by atoms with Gasteiger partial charge in [-0.1, -0.05) is 20.8 Å². The van der Waals surface area contributed by atoms with Crippen molar-refractivity contribution in [3.8, 4) is 0 Å². The molecular weight excluding hydrogens is 410 g/mol. The molecule has 0 heterocycles. The highest BCUT2D eigenvalue weighted by Gasteiger charge is 2.22. The fraction of sp³-hybridized carbons (Fsp3) is 0.550. The number of ether oxygens (including phenoxy) is 1. The van der Waals surface area contributed by atoms with Gasteiger partial charge in [0.1, 0.15) is 6.54 Å². The Hall–Kier alpha value is -2.46. The third-order valence-electron chi connectivity index (χ3n) is 4.58. The minimum atomic E-state index is -3.61. The summed E-state index contributed by atoms with van der Waals surface area (Å²) in [4.78, 5) is 35.8. The van der Waals surface area contributed by atoms with Crippen molar-refractivity contribution in [2.45, 2.75) is 51.5 Å². The van der Waals surface area contributed by atoms with Gasteiger partial charge in [-0.25, -0.2) is 8.42 Å². The van der Waals surface area contributed by atoms with Crippen LogP contribution in [0.15, 0.2) is 29.2 Å². The SMILES string of the molecule is CCN(CC)S(=O)(=O)c1ccc(C(=O)NCC(=O)OCC(=O)NC(C)(C)CC)cc1. The van der Waals surface area contributed by atoms with E-state index in [1.54, 1.807) is 13.8 Å². The van der Waals surface area contributed by atoms with Crippen LogP contribution in [0.2, 0.25) is 0 Å². The zero-order valence-corrected chi connectivity index (χ0v) is 19.0. The van der Waals surface area contributed by atoms with Crippen LogP contribution in [0.25, 0.3) is 0 Å². The molecule has 0 atom stereocenters. The first-order valence-electron chi connectivity index (χ1n) is 9.81. The van der Waals surface area contributed by atoms with E-state index in [4.69, 9.17) is 4.74 Å². The summed E-state index contributed by atoms with van der Waals surface area (Å²) in [5, 5.41) is 5.11. The average molecular weight is 442 g/mol. The third-order valence-corrected chi connectivity index (χ3v) is 6.64. The maximum atomic E-state index is 12.5. The molecule has 0 aromatic heterocycles. The van der Waals surface area contributed by atoms with Crippen molar-refractivity contribution in [3.05, 3.63) is 29.8 Å². The molecule has 0 unspecified atom stereocenters. The number of rotatable bonds is 11. The van der Waals surface area contributed by atoms with Gasteiger partial charge in [0.25, 0.3) is 11.8 Å². The van der Waals surface area contributed by atoms with Crippen molar-refractivity contribution < 1.29 is 27.5 Å². The Morgan fingerprint density at radius 2 is 1.60 bits per heavy atom. The molecule has 9 nitrogen and oxygen atoms in total. The van der Waals surface area contributed by atoms with Gasteiger partial charge < -0.3 is 15.4 Å². The van der Waals surface area contributed by atoms with Crippen molar-refractivity contribution in [1.29, 1.82) is 0 Å². The molecule has 0 bridgehead atoms. The number of nitrogens with zero attached hydrogens (tertiary/aromatic N) is 1. The second-order valence-corrected chi connectivity index (χ2v) is 9.18. The summed E-state index contributed by atoms with van der Waals surface area (Å²) in [6, 6.07) is 5.44. The van der Waals surface area contributed by atoms with E-state index in [0.717, 1.165) is 6.42 Å². The van der Waals surface area contributed by atoms with E-state index >= 15 is 0 Å². The summed E-state index contributed by atoms with van der Waals surface area (Å²) in [5.41, 5.74) is -0.202. The first-order chi connectivity index (χ1) is 14.0. The lowest BCUT2D eigenvalue weighted by Crippen LogP contribution is -2.45. The van der Waals surface area contributed by atoms with Crippen LogP contribution in [-0.4, -0.2) is 62.3 Å². The Labute approximate surface area is 178 Å². The molecule has 2 N–H and O–H groups in total.